The Balaban J connectivity index is 4.67. The maximum atomic E-state index is 11.4. The molecule has 0 bridgehead atoms. The van der Waals surface area contributed by atoms with E-state index in [-0.39, 0.29) is 0 Å². The summed E-state index contributed by atoms with van der Waals surface area (Å²) in [7, 11) is 1.13. The van der Waals surface area contributed by atoms with Crippen LogP contribution in [-0.4, -0.2) is 43.6 Å². The maximum absolute atomic E-state index is 11.4. The first-order chi connectivity index (χ1) is 8.42. The smallest absolute Gasteiger partial charge is 0.332 e. The predicted molar refractivity (Wildman–Crippen MR) is 59.2 cm³/mol. The van der Waals surface area contributed by atoms with E-state index in [2.05, 4.69) is 20.1 Å². The average molecular weight is 258 g/mol. The van der Waals surface area contributed by atoms with Gasteiger partial charge in [-0.15, -0.1) is 0 Å². The molecule has 1 amide bonds. The van der Waals surface area contributed by atoms with Crippen molar-refractivity contribution in [3.05, 3.63) is 10.4 Å². The molecular weight excluding hydrogens is 244 g/mol. The van der Waals surface area contributed by atoms with Crippen molar-refractivity contribution in [2.45, 2.75) is 26.0 Å². The number of azide groups is 1. The van der Waals surface area contributed by atoms with Crippen LogP contribution in [0.1, 0.15) is 13.8 Å². The SMILES string of the molecule is COC(=O)[C@@H](NC(=O)CN=[N+]=[N-])[C@@H](C)OC(C)=O. The number of ether oxygens (including phenoxy) is 2. The van der Waals surface area contributed by atoms with E-state index in [9.17, 15) is 14.4 Å². The van der Waals surface area contributed by atoms with E-state index in [1.54, 1.807) is 0 Å². The molecule has 0 heterocycles. The summed E-state index contributed by atoms with van der Waals surface area (Å²) in [5, 5.41) is 5.29. The van der Waals surface area contributed by atoms with Crippen molar-refractivity contribution in [2.75, 3.05) is 13.7 Å². The summed E-state index contributed by atoms with van der Waals surface area (Å²) in [6.07, 6.45) is -0.898. The van der Waals surface area contributed by atoms with Crippen LogP contribution in [0.4, 0.5) is 0 Å². The first-order valence-corrected chi connectivity index (χ1v) is 4.97. The van der Waals surface area contributed by atoms with Crippen molar-refractivity contribution < 1.29 is 23.9 Å². The van der Waals surface area contributed by atoms with Crippen LogP contribution in [0, 0.1) is 0 Å². The van der Waals surface area contributed by atoms with Gasteiger partial charge in [-0.25, -0.2) is 4.79 Å². The summed E-state index contributed by atoms with van der Waals surface area (Å²) in [6, 6.07) is -1.15. The highest BCUT2D eigenvalue weighted by atomic mass is 16.6. The fraction of sp³-hybridized carbons (Fsp3) is 0.667. The normalized spacial score (nSPS) is 12.6. The minimum atomic E-state index is -1.15. The standard InChI is InChI=1S/C9H14N4O5/c1-5(18-6(2)14)8(9(16)17-3)12-7(15)4-11-13-10/h5,8H,4H2,1-3H3,(H,12,15)/t5-,8+/m1/s1. The number of hydrogen-bond acceptors (Lipinski definition) is 6. The Morgan fingerprint density at radius 2 is 2.06 bits per heavy atom. The molecule has 0 saturated heterocycles. The lowest BCUT2D eigenvalue weighted by Crippen LogP contribution is -2.50. The molecule has 0 radical (unpaired) electrons. The van der Waals surface area contributed by atoms with Gasteiger partial charge in [0.25, 0.3) is 0 Å². The Bertz CT molecular complexity index is 377. The summed E-state index contributed by atoms with van der Waals surface area (Å²) >= 11 is 0. The van der Waals surface area contributed by atoms with Crippen LogP contribution in [0.25, 0.3) is 10.4 Å². The van der Waals surface area contributed by atoms with Gasteiger partial charge in [-0.3, -0.25) is 9.59 Å². The lowest BCUT2D eigenvalue weighted by atomic mass is 10.2. The Morgan fingerprint density at radius 3 is 2.50 bits per heavy atom. The van der Waals surface area contributed by atoms with Crippen molar-refractivity contribution in [2.24, 2.45) is 5.11 Å². The van der Waals surface area contributed by atoms with E-state index in [1.165, 1.54) is 13.8 Å². The molecular formula is C9H14N4O5. The lowest BCUT2D eigenvalue weighted by Gasteiger charge is -2.22. The Kier molecular flexibility index (Phi) is 6.91. The zero-order valence-electron chi connectivity index (χ0n) is 10.2. The molecule has 18 heavy (non-hydrogen) atoms. The minimum Gasteiger partial charge on any atom is -0.467 e. The molecule has 0 aromatic rings. The van der Waals surface area contributed by atoms with Crippen LogP contribution in [0.15, 0.2) is 5.11 Å². The van der Waals surface area contributed by atoms with Crippen LogP contribution in [-0.2, 0) is 23.9 Å². The number of rotatable bonds is 6. The molecule has 0 unspecified atom stereocenters. The summed E-state index contributed by atoms with van der Waals surface area (Å²) in [5.74, 6) is -2.04. The van der Waals surface area contributed by atoms with Gasteiger partial charge >= 0.3 is 11.9 Å². The second kappa shape index (κ2) is 7.91. The van der Waals surface area contributed by atoms with Crippen LogP contribution in [0.5, 0.6) is 0 Å². The molecule has 0 aliphatic rings. The van der Waals surface area contributed by atoms with Crippen molar-refractivity contribution in [1.29, 1.82) is 0 Å². The number of carbonyl (C=O) groups excluding carboxylic acids is 3. The van der Waals surface area contributed by atoms with E-state index >= 15 is 0 Å². The third-order valence-corrected chi connectivity index (χ3v) is 1.87. The topological polar surface area (TPSA) is 130 Å². The molecule has 0 fully saturated rings. The summed E-state index contributed by atoms with van der Waals surface area (Å²) < 4.78 is 9.25. The molecule has 0 spiro atoms. The minimum absolute atomic E-state index is 0.462. The van der Waals surface area contributed by atoms with E-state index in [4.69, 9.17) is 10.3 Å². The highest BCUT2D eigenvalue weighted by molar-refractivity contribution is 5.86. The summed E-state index contributed by atoms with van der Waals surface area (Å²) in [4.78, 5) is 35.9. The van der Waals surface area contributed by atoms with Gasteiger partial charge < -0.3 is 14.8 Å². The van der Waals surface area contributed by atoms with Crippen LogP contribution in [0.3, 0.4) is 0 Å². The molecule has 2 atom stereocenters. The number of nitrogens with one attached hydrogen (secondary N) is 1. The fourth-order valence-electron chi connectivity index (χ4n) is 1.14. The van der Waals surface area contributed by atoms with Crippen LogP contribution >= 0.6 is 0 Å². The molecule has 0 aromatic heterocycles. The second-order valence-electron chi connectivity index (χ2n) is 3.27. The highest BCUT2D eigenvalue weighted by Gasteiger charge is 2.29. The molecule has 1 N–H and O–H groups in total. The van der Waals surface area contributed by atoms with Gasteiger partial charge in [0, 0.05) is 11.8 Å². The Labute approximate surface area is 103 Å². The van der Waals surface area contributed by atoms with E-state index in [0.717, 1.165) is 7.11 Å². The largest absolute Gasteiger partial charge is 0.467 e. The van der Waals surface area contributed by atoms with Crippen LogP contribution in [0.2, 0.25) is 0 Å². The van der Waals surface area contributed by atoms with Gasteiger partial charge in [-0.1, -0.05) is 5.11 Å². The first kappa shape index (κ1) is 15.7. The van der Waals surface area contributed by atoms with Crippen molar-refractivity contribution in [3.63, 3.8) is 0 Å². The Morgan fingerprint density at radius 1 is 1.44 bits per heavy atom. The fourth-order valence-corrected chi connectivity index (χ4v) is 1.14. The number of amides is 1. The van der Waals surface area contributed by atoms with Gasteiger partial charge in [0.1, 0.15) is 12.6 Å². The van der Waals surface area contributed by atoms with Crippen molar-refractivity contribution in [1.82, 2.24) is 5.32 Å². The monoisotopic (exact) mass is 258 g/mol. The van der Waals surface area contributed by atoms with E-state index in [1.807, 2.05) is 0 Å². The van der Waals surface area contributed by atoms with Crippen molar-refractivity contribution in [3.8, 4) is 0 Å². The maximum Gasteiger partial charge on any atom is 0.332 e. The number of methoxy groups -OCH3 is 1. The zero-order valence-corrected chi connectivity index (χ0v) is 10.2. The van der Waals surface area contributed by atoms with Gasteiger partial charge in [-0.05, 0) is 12.5 Å². The van der Waals surface area contributed by atoms with Gasteiger partial charge in [0.15, 0.2) is 6.04 Å². The number of hydrogen-bond donors (Lipinski definition) is 1. The molecule has 9 heteroatoms. The molecule has 0 rings (SSSR count). The average Bonchev–Trinajstić information content (AvgIpc) is 2.31. The number of esters is 2. The Hall–Kier alpha value is -2.28. The quantitative estimate of drug-likeness (QED) is 0.308. The summed E-state index contributed by atoms with van der Waals surface area (Å²) in [5.41, 5.74) is 8.05. The first-order valence-electron chi connectivity index (χ1n) is 4.97. The highest BCUT2D eigenvalue weighted by Crippen LogP contribution is 2.02. The summed E-state index contributed by atoms with van der Waals surface area (Å²) in [6.45, 7) is 2.14. The van der Waals surface area contributed by atoms with Gasteiger partial charge in [0.05, 0.1) is 7.11 Å². The molecule has 9 nitrogen and oxygen atoms in total. The number of nitrogens with zero attached hydrogens (tertiary/aromatic N) is 3. The third kappa shape index (κ3) is 5.71. The lowest BCUT2D eigenvalue weighted by molar-refractivity contribution is -0.156. The van der Waals surface area contributed by atoms with Crippen LogP contribution < -0.4 is 5.32 Å². The van der Waals surface area contributed by atoms with E-state index in [0.29, 0.717) is 0 Å². The molecule has 0 saturated carbocycles. The predicted octanol–water partition coefficient (Wildman–Crippen LogP) is -0.0939. The van der Waals surface area contributed by atoms with E-state index < -0.39 is 36.5 Å². The van der Waals surface area contributed by atoms with Gasteiger partial charge in [0.2, 0.25) is 5.91 Å². The molecule has 0 aliphatic heterocycles. The third-order valence-electron chi connectivity index (χ3n) is 1.87. The number of carbonyl (C=O) groups is 3. The van der Waals surface area contributed by atoms with Gasteiger partial charge in [-0.2, -0.15) is 0 Å². The zero-order chi connectivity index (χ0) is 14.1. The van der Waals surface area contributed by atoms with Crippen molar-refractivity contribution >= 4 is 17.8 Å². The molecule has 0 aromatic carbocycles. The molecule has 0 aliphatic carbocycles. The molecule has 100 valence electrons. The second-order valence-corrected chi connectivity index (χ2v) is 3.27.